The summed E-state index contributed by atoms with van der Waals surface area (Å²) < 4.78 is 66.1. The smallest absolute Gasteiger partial charge is 0.417 e. The highest BCUT2D eigenvalue weighted by Gasteiger charge is 2.39. The number of halogens is 3. The summed E-state index contributed by atoms with van der Waals surface area (Å²) in [4.78, 5) is 16.6. The van der Waals surface area contributed by atoms with E-state index in [2.05, 4.69) is 4.98 Å². The predicted octanol–water partition coefficient (Wildman–Crippen LogP) is 3.02. The van der Waals surface area contributed by atoms with Crippen LogP contribution < -0.4 is 4.90 Å². The number of aliphatic carboxylic acids is 1. The van der Waals surface area contributed by atoms with Gasteiger partial charge in [0, 0.05) is 31.4 Å². The fourth-order valence-electron chi connectivity index (χ4n) is 3.63. The number of carbonyl (C=O) groups is 1. The van der Waals surface area contributed by atoms with Gasteiger partial charge in [-0.05, 0) is 43.7 Å². The molecule has 0 radical (unpaired) electrons. The van der Waals surface area contributed by atoms with Crippen LogP contribution in [0.3, 0.4) is 0 Å². The van der Waals surface area contributed by atoms with E-state index in [1.54, 1.807) is 24.8 Å². The van der Waals surface area contributed by atoms with Crippen LogP contribution in [-0.4, -0.2) is 54.0 Å². The first kappa shape index (κ1) is 23.0. The predicted molar refractivity (Wildman–Crippen MR) is 107 cm³/mol. The molecule has 1 aliphatic heterocycles. The molecule has 2 heterocycles. The number of hydrogen-bond acceptors (Lipinski definition) is 5. The van der Waals surface area contributed by atoms with Crippen molar-refractivity contribution >= 4 is 21.8 Å². The maximum Gasteiger partial charge on any atom is 0.417 e. The van der Waals surface area contributed by atoms with Gasteiger partial charge in [0.1, 0.15) is 5.82 Å². The Labute approximate surface area is 178 Å². The van der Waals surface area contributed by atoms with Crippen molar-refractivity contribution in [3.8, 4) is 0 Å². The zero-order valence-corrected chi connectivity index (χ0v) is 17.7. The number of piperazine rings is 1. The van der Waals surface area contributed by atoms with Gasteiger partial charge in [-0.2, -0.15) is 17.5 Å². The number of pyridine rings is 1. The minimum Gasteiger partial charge on any atom is -0.481 e. The molecule has 1 fully saturated rings. The van der Waals surface area contributed by atoms with Crippen LogP contribution in [0.1, 0.15) is 25.0 Å². The van der Waals surface area contributed by atoms with E-state index in [0.29, 0.717) is 11.4 Å². The molecule has 1 aromatic heterocycles. The van der Waals surface area contributed by atoms with Crippen molar-refractivity contribution in [3.63, 3.8) is 0 Å². The van der Waals surface area contributed by atoms with Crippen LogP contribution in [0, 0.1) is 0 Å². The Morgan fingerprint density at radius 3 is 2.45 bits per heavy atom. The first-order chi connectivity index (χ1) is 14.4. The highest BCUT2D eigenvalue weighted by atomic mass is 32.2. The average molecular weight is 457 g/mol. The SMILES string of the molecule is CC1C(C)N(S(=O)(=O)c2cccc(CC(=O)O)c2)CCN1c1ccc(C(F)(F)F)cn1. The van der Waals surface area contributed by atoms with Crippen LogP contribution in [-0.2, 0) is 27.4 Å². The largest absolute Gasteiger partial charge is 0.481 e. The first-order valence-electron chi connectivity index (χ1n) is 9.53. The van der Waals surface area contributed by atoms with Crippen molar-refractivity contribution in [2.75, 3.05) is 18.0 Å². The van der Waals surface area contributed by atoms with E-state index >= 15 is 0 Å². The highest BCUT2D eigenvalue weighted by molar-refractivity contribution is 7.89. The molecule has 3 rings (SSSR count). The number of aromatic nitrogens is 1. The van der Waals surface area contributed by atoms with E-state index in [9.17, 15) is 26.4 Å². The molecule has 7 nitrogen and oxygen atoms in total. The molecule has 0 bridgehead atoms. The van der Waals surface area contributed by atoms with Crippen LogP contribution in [0.2, 0.25) is 0 Å². The van der Waals surface area contributed by atoms with E-state index < -0.39 is 33.8 Å². The second-order valence-corrected chi connectivity index (χ2v) is 9.30. The van der Waals surface area contributed by atoms with Gasteiger partial charge in [0.2, 0.25) is 10.0 Å². The van der Waals surface area contributed by atoms with Gasteiger partial charge >= 0.3 is 12.1 Å². The number of nitrogens with zero attached hydrogens (tertiary/aromatic N) is 3. The number of hydrogen-bond donors (Lipinski definition) is 1. The molecule has 0 amide bonds. The van der Waals surface area contributed by atoms with Crippen molar-refractivity contribution < 1.29 is 31.5 Å². The van der Waals surface area contributed by atoms with Crippen LogP contribution >= 0.6 is 0 Å². The first-order valence-corrected chi connectivity index (χ1v) is 11.0. The van der Waals surface area contributed by atoms with Crippen molar-refractivity contribution in [2.24, 2.45) is 0 Å². The second kappa shape index (κ2) is 8.46. The number of carboxylic acids is 1. The number of alkyl halides is 3. The monoisotopic (exact) mass is 457 g/mol. The van der Waals surface area contributed by atoms with Gasteiger partial charge in [0.15, 0.2) is 0 Å². The molecule has 1 saturated heterocycles. The molecule has 0 saturated carbocycles. The minimum atomic E-state index is -4.48. The maximum absolute atomic E-state index is 13.2. The summed E-state index contributed by atoms with van der Waals surface area (Å²) in [5, 5.41) is 8.95. The third-order valence-corrected chi connectivity index (χ3v) is 7.42. The number of benzene rings is 1. The van der Waals surface area contributed by atoms with Gasteiger partial charge in [-0.3, -0.25) is 4.79 Å². The van der Waals surface area contributed by atoms with Crippen molar-refractivity contribution in [3.05, 3.63) is 53.7 Å². The normalized spacial score (nSPS) is 20.6. The molecule has 1 aromatic carbocycles. The Balaban J connectivity index is 1.82. The van der Waals surface area contributed by atoms with Crippen molar-refractivity contribution in [2.45, 2.75) is 43.4 Å². The van der Waals surface area contributed by atoms with Gasteiger partial charge in [0.25, 0.3) is 0 Å². The van der Waals surface area contributed by atoms with Gasteiger partial charge in [-0.15, -0.1) is 0 Å². The van der Waals surface area contributed by atoms with Crippen LogP contribution in [0.5, 0.6) is 0 Å². The lowest BCUT2D eigenvalue weighted by Crippen LogP contribution is -2.59. The molecule has 168 valence electrons. The molecule has 0 aliphatic carbocycles. The molecule has 1 N–H and O–H groups in total. The van der Waals surface area contributed by atoms with Gasteiger partial charge < -0.3 is 10.0 Å². The third-order valence-electron chi connectivity index (χ3n) is 5.44. The Morgan fingerprint density at radius 2 is 1.87 bits per heavy atom. The number of rotatable bonds is 5. The van der Waals surface area contributed by atoms with Gasteiger partial charge in [-0.25, -0.2) is 13.4 Å². The van der Waals surface area contributed by atoms with Crippen molar-refractivity contribution in [1.29, 1.82) is 0 Å². The molecular formula is C20H22F3N3O4S. The molecule has 2 atom stereocenters. The lowest BCUT2D eigenvalue weighted by Gasteiger charge is -2.44. The van der Waals surface area contributed by atoms with E-state index in [1.807, 2.05) is 0 Å². The molecule has 2 unspecified atom stereocenters. The zero-order valence-electron chi connectivity index (χ0n) is 16.9. The van der Waals surface area contributed by atoms with E-state index in [4.69, 9.17) is 5.11 Å². The minimum absolute atomic E-state index is 0.00593. The highest BCUT2D eigenvalue weighted by Crippen LogP contribution is 2.31. The quantitative estimate of drug-likeness (QED) is 0.742. The zero-order chi connectivity index (χ0) is 23.0. The summed E-state index contributed by atoms with van der Waals surface area (Å²) in [6.07, 6.45) is -4.00. The van der Waals surface area contributed by atoms with Gasteiger partial charge in [-0.1, -0.05) is 12.1 Å². The average Bonchev–Trinajstić information content (AvgIpc) is 2.69. The molecule has 31 heavy (non-hydrogen) atoms. The number of anilines is 1. The topological polar surface area (TPSA) is 90.8 Å². The fraction of sp³-hybridized carbons (Fsp3) is 0.400. The molecule has 1 aliphatic rings. The Kier molecular flexibility index (Phi) is 6.28. The van der Waals surface area contributed by atoms with Crippen molar-refractivity contribution in [1.82, 2.24) is 9.29 Å². The lowest BCUT2D eigenvalue weighted by molar-refractivity contribution is -0.138. The van der Waals surface area contributed by atoms with Crippen LogP contribution in [0.15, 0.2) is 47.5 Å². The van der Waals surface area contributed by atoms with Crippen LogP contribution in [0.4, 0.5) is 19.0 Å². The summed E-state index contributed by atoms with van der Waals surface area (Å²) in [6.45, 7) is 3.86. The number of carboxylic acid groups (broad SMARTS) is 1. The third kappa shape index (κ3) is 4.82. The van der Waals surface area contributed by atoms with E-state index in [0.717, 1.165) is 12.3 Å². The standard InChI is InChI=1S/C20H22F3N3O4S/c1-13-14(2)26(31(29,30)17-5-3-4-15(10-17)11-19(27)28)9-8-25(13)18-7-6-16(12-24-18)20(21,22)23/h3-7,10,12-14H,8-9,11H2,1-2H3,(H,27,28). The Morgan fingerprint density at radius 1 is 1.16 bits per heavy atom. The number of sulfonamides is 1. The van der Waals surface area contributed by atoms with E-state index in [1.165, 1.54) is 28.6 Å². The Hall–Kier alpha value is -2.66. The summed E-state index contributed by atoms with van der Waals surface area (Å²) in [6, 6.07) is 7.21. The Bertz CT molecular complexity index is 1060. The summed E-state index contributed by atoms with van der Waals surface area (Å²) >= 11 is 0. The molecule has 2 aromatic rings. The fourth-order valence-corrected chi connectivity index (χ4v) is 5.38. The lowest BCUT2D eigenvalue weighted by atomic mass is 10.1. The van der Waals surface area contributed by atoms with E-state index in [-0.39, 0.29) is 30.4 Å². The maximum atomic E-state index is 13.2. The summed E-state index contributed by atoms with van der Waals surface area (Å²) in [7, 11) is -3.89. The molecule has 0 spiro atoms. The second-order valence-electron chi connectivity index (χ2n) is 7.41. The van der Waals surface area contributed by atoms with Crippen LogP contribution in [0.25, 0.3) is 0 Å². The summed E-state index contributed by atoms with van der Waals surface area (Å²) in [5.41, 5.74) is -0.471. The molecule has 11 heteroatoms. The molecular weight excluding hydrogens is 435 g/mol. The van der Waals surface area contributed by atoms with Gasteiger partial charge in [0.05, 0.1) is 16.9 Å². The summed E-state index contributed by atoms with van der Waals surface area (Å²) in [5.74, 6) is -0.720.